The first kappa shape index (κ1) is 11.4. The molecule has 1 heterocycles. The molecule has 1 aromatic carbocycles. The van der Waals surface area contributed by atoms with E-state index in [0.717, 1.165) is 23.4 Å². The lowest BCUT2D eigenvalue weighted by molar-refractivity contribution is -0.116. The molecule has 0 saturated heterocycles. The fraction of sp³-hybridized carbons (Fsp3) is 0.231. The third-order valence-corrected chi connectivity index (χ3v) is 2.46. The minimum absolute atomic E-state index is 0.0572. The van der Waals surface area contributed by atoms with Gasteiger partial charge in [-0.2, -0.15) is 5.10 Å². The van der Waals surface area contributed by atoms with Crippen LogP contribution in [0.25, 0.3) is 11.3 Å². The van der Waals surface area contributed by atoms with Gasteiger partial charge in [0.2, 0.25) is 5.91 Å². The van der Waals surface area contributed by atoms with Crippen LogP contribution in [0.5, 0.6) is 0 Å². The second-order valence-electron chi connectivity index (χ2n) is 3.85. The van der Waals surface area contributed by atoms with Crippen LogP contribution in [0.2, 0.25) is 0 Å². The largest absolute Gasteiger partial charge is 0.326 e. The predicted octanol–water partition coefficient (Wildman–Crippen LogP) is 2.82. The molecule has 1 amide bonds. The Bertz CT molecular complexity index is 474. The maximum Gasteiger partial charge on any atom is 0.224 e. The van der Waals surface area contributed by atoms with Crippen molar-refractivity contribution < 1.29 is 4.79 Å². The SMILES string of the molecule is CCCC(=O)Nc1ccc(-c2ccn[nH]2)cc1. The van der Waals surface area contributed by atoms with Crippen LogP contribution in [-0.4, -0.2) is 16.1 Å². The molecule has 0 aliphatic carbocycles. The number of carbonyl (C=O) groups is 1. The first-order chi connectivity index (χ1) is 8.29. The molecule has 0 aliphatic rings. The zero-order valence-corrected chi connectivity index (χ0v) is 9.73. The number of H-pyrrole nitrogens is 1. The van der Waals surface area contributed by atoms with Gasteiger partial charge in [0.05, 0.1) is 5.69 Å². The van der Waals surface area contributed by atoms with Crippen molar-refractivity contribution in [1.82, 2.24) is 10.2 Å². The van der Waals surface area contributed by atoms with Gasteiger partial charge in [0.1, 0.15) is 0 Å². The molecule has 88 valence electrons. The molecule has 0 unspecified atom stereocenters. The van der Waals surface area contributed by atoms with Crippen molar-refractivity contribution in [3.05, 3.63) is 36.5 Å². The van der Waals surface area contributed by atoms with Crippen LogP contribution < -0.4 is 5.32 Å². The van der Waals surface area contributed by atoms with Crippen LogP contribution in [-0.2, 0) is 4.79 Å². The molecule has 4 heteroatoms. The van der Waals surface area contributed by atoms with E-state index in [1.54, 1.807) is 6.20 Å². The first-order valence-electron chi connectivity index (χ1n) is 5.69. The highest BCUT2D eigenvalue weighted by atomic mass is 16.1. The standard InChI is InChI=1S/C13H15N3O/c1-2-3-13(17)15-11-6-4-10(5-7-11)12-8-9-14-16-12/h4-9H,2-3H2,1H3,(H,14,16)(H,15,17). The van der Waals surface area contributed by atoms with Crippen LogP contribution in [0.3, 0.4) is 0 Å². The quantitative estimate of drug-likeness (QED) is 0.847. The van der Waals surface area contributed by atoms with E-state index in [2.05, 4.69) is 15.5 Å². The molecule has 0 aliphatic heterocycles. The Balaban J connectivity index is 2.06. The Hall–Kier alpha value is -2.10. The van der Waals surface area contributed by atoms with Gasteiger partial charge in [-0.1, -0.05) is 19.1 Å². The maximum atomic E-state index is 11.4. The molecule has 17 heavy (non-hydrogen) atoms. The number of rotatable bonds is 4. The number of nitrogens with zero attached hydrogens (tertiary/aromatic N) is 1. The summed E-state index contributed by atoms with van der Waals surface area (Å²) in [5.74, 6) is 0.0572. The average Bonchev–Trinajstić information content (AvgIpc) is 2.84. The molecule has 0 radical (unpaired) electrons. The highest BCUT2D eigenvalue weighted by Gasteiger charge is 2.02. The van der Waals surface area contributed by atoms with E-state index in [0.29, 0.717) is 6.42 Å². The molecule has 1 aromatic heterocycles. The Labute approximate surface area is 100 Å². The lowest BCUT2D eigenvalue weighted by atomic mass is 10.1. The van der Waals surface area contributed by atoms with Gasteiger partial charge in [-0.15, -0.1) is 0 Å². The summed E-state index contributed by atoms with van der Waals surface area (Å²) in [5, 5.41) is 9.65. The number of aromatic amines is 1. The molecule has 0 atom stereocenters. The normalized spacial score (nSPS) is 10.2. The fourth-order valence-corrected chi connectivity index (χ4v) is 1.60. The average molecular weight is 229 g/mol. The number of aromatic nitrogens is 2. The van der Waals surface area contributed by atoms with Gasteiger partial charge in [0, 0.05) is 18.3 Å². The van der Waals surface area contributed by atoms with Crippen molar-refractivity contribution >= 4 is 11.6 Å². The van der Waals surface area contributed by atoms with Crippen LogP contribution in [0.15, 0.2) is 36.5 Å². The molecule has 0 saturated carbocycles. The van der Waals surface area contributed by atoms with E-state index in [-0.39, 0.29) is 5.91 Å². The number of hydrogen-bond donors (Lipinski definition) is 2. The predicted molar refractivity (Wildman–Crippen MR) is 67.6 cm³/mol. The Morgan fingerprint density at radius 3 is 2.65 bits per heavy atom. The van der Waals surface area contributed by atoms with Crippen LogP contribution >= 0.6 is 0 Å². The second kappa shape index (κ2) is 5.30. The Morgan fingerprint density at radius 2 is 2.06 bits per heavy atom. The van der Waals surface area contributed by atoms with Gasteiger partial charge in [-0.25, -0.2) is 0 Å². The van der Waals surface area contributed by atoms with E-state index < -0.39 is 0 Å². The van der Waals surface area contributed by atoms with E-state index in [1.807, 2.05) is 37.3 Å². The molecule has 4 nitrogen and oxygen atoms in total. The Kier molecular flexibility index (Phi) is 3.55. The molecular weight excluding hydrogens is 214 g/mol. The number of carbonyl (C=O) groups excluding carboxylic acids is 1. The monoisotopic (exact) mass is 229 g/mol. The third kappa shape index (κ3) is 2.93. The van der Waals surface area contributed by atoms with Crippen molar-refractivity contribution in [2.45, 2.75) is 19.8 Å². The number of anilines is 1. The molecule has 0 spiro atoms. The summed E-state index contributed by atoms with van der Waals surface area (Å²) in [4.78, 5) is 11.4. The van der Waals surface area contributed by atoms with Crippen molar-refractivity contribution in [2.24, 2.45) is 0 Å². The maximum absolute atomic E-state index is 11.4. The first-order valence-corrected chi connectivity index (χ1v) is 5.69. The van der Waals surface area contributed by atoms with E-state index in [1.165, 1.54) is 0 Å². The second-order valence-corrected chi connectivity index (χ2v) is 3.85. The highest BCUT2D eigenvalue weighted by molar-refractivity contribution is 5.90. The van der Waals surface area contributed by atoms with Crippen molar-refractivity contribution in [1.29, 1.82) is 0 Å². The minimum Gasteiger partial charge on any atom is -0.326 e. The van der Waals surface area contributed by atoms with Crippen molar-refractivity contribution in [3.8, 4) is 11.3 Å². The molecule has 2 rings (SSSR count). The summed E-state index contributed by atoms with van der Waals surface area (Å²) < 4.78 is 0. The number of nitrogens with one attached hydrogen (secondary N) is 2. The fourth-order valence-electron chi connectivity index (χ4n) is 1.60. The molecule has 0 bridgehead atoms. The molecule has 2 aromatic rings. The van der Waals surface area contributed by atoms with Gasteiger partial charge in [0.15, 0.2) is 0 Å². The zero-order chi connectivity index (χ0) is 12.1. The topological polar surface area (TPSA) is 57.8 Å². The van der Waals surface area contributed by atoms with E-state index in [4.69, 9.17) is 0 Å². The highest BCUT2D eigenvalue weighted by Crippen LogP contribution is 2.18. The van der Waals surface area contributed by atoms with Crippen molar-refractivity contribution in [3.63, 3.8) is 0 Å². The smallest absolute Gasteiger partial charge is 0.224 e. The summed E-state index contributed by atoms with van der Waals surface area (Å²) >= 11 is 0. The summed E-state index contributed by atoms with van der Waals surface area (Å²) in [6, 6.07) is 9.60. The van der Waals surface area contributed by atoms with Gasteiger partial charge < -0.3 is 5.32 Å². The van der Waals surface area contributed by atoms with E-state index >= 15 is 0 Å². The van der Waals surface area contributed by atoms with Gasteiger partial charge in [-0.3, -0.25) is 9.89 Å². The summed E-state index contributed by atoms with van der Waals surface area (Å²) in [7, 11) is 0. The van der Waals surface area contributed by atoms with E-state index in [9.17, 15) is 4.79 Å². The molecule has 2 N–H and O–H groups in total. The van der Waals surface area contributed by atoms with Gasteiger partial charge in [-0.05, 0) is 30.2 Å². The molecule has 0 fully saturated rings. The molecular formula is C13H15N3O. The van der Waals surface area contributed by atoms with Crippen LogP contribution in [0.1, 0.15) is 19.8 Å². The number of amides is 1. The summed E-state index contributed by atoms with van der Waals surface area (Å²) in [6.45, 7) is 1.99. The number of benzene rings is 1. The number of hydrogen-bond acceptors (Lipinski definition) is 2. The lowest BCUT2D eigenvalue weighted by Crippen LogP contribution is -2.10. The van der Waals surface area contributed by atoms with Crippen molar-refractivity contribution in [2.75, 3.05) is 5.32 Å². The third-order valence-electron chi connectivity index (χ3n) is 2.46. The van der Waals surface area contributed by atoms with Gasteiger partial charge >= 0.3 is 0 Å². The summed E-state index contributed by atoms with van der Waals surface area (Å²) in [6.07, 6.45) is 3.13. The van der Waals surface area contributed by atoms with Crippen LogP contribution in [0.4, 0.5) is 5.69 Å². The van der Waals surface area contributed by atoms with Gasteiger partial charge in [0.25, 0.3) is 0 Å². The van der Waals surface area contributed by atoms with Crippen LogP contribution in [0, 0.1) is 0 Å². The minimum atomic E-state index is 0.0572. The lowest BCUT2D eigenvalue weighted by Gasteiger charge is -2.05. The Morgan fingerprint density at radius 1 is 1.29 bits per heavy atom. The summed E-state index contributed by atoms with van der Waals surface area (Å²) in [5.41, 5.74) is 2.85. The zero-order valence-electron chi connectivity index (χ0n) is 9.73.